The van der Waals surface area contributed by atoms with Crippen LogP contribution in [-0.2, 0) is 0 Å². The fourth-order valence-corrected chi connectivity index (χ4v) is 2.44. The summed E-state index contributed by atoms with van der Waals surface area (Å²) in [7, 11) is 0. The fourth-order valence-electron chi connectivity index (χ4n) is 2.19. The van der Waals surface area contributed by atoms with Gasteiger partial charge in [0.25, 0.3) is 0 Å². The first-order chi connectivity index (χ1) is 9.24. The molecule has 0 saturated carbocycles. The Morgan fingerprint density at radius 2 is 2.00 bits per heavy atom. The maximum absolute atomic E-state index is 6.34. The van der Waals surface area contributed by atoms with Crippen LogP contribution < -0.4 is 5.32 Å². The van der Waals surface area contributed by atoms with E-state index in [0.29, 0.717) is 0 Å². The highest BCUT2D eigenvalue weighted by Gasteiger charge is 2.17. The van der Waals surface area contributed by atoms with Crippen molar-refractivity contribution in [1.82, 2.24) is 10.3 Å². The maximum Gasteiger partial charge on any atom is 0.0595 e. The predicted octanol–water partition coefficient (Wildman–Crippen LogP) is 4.13. The quantitative estimate of drug-likeness (QED) is 0.887. The van der Waals surface area contributed by atoms with Gasteiger partial charge >= 0.3 is 0 Å². The van der Waals surface area contributed by atoms with Gasteiger partial charge in [0, 0.05) is 17.4 Å². The lowest BCUT2D eigenvalue weighted by Crippen LogP contribution is -2.24. The number of aromatic nitrogens is 1. The Bertz CT molecular complexity index is 494. The molecule has 1 atom stereocenters. The Balaban J connectivity index is 2.42. The number of benzene rings is 1. The Morgan fingerprint density at radius 3 is 2.68 bits per heavy atom. The average Bonchev–Trinajstić information content (AvgIpc) is 2.42. The zero-order valence-electron chi connectivity index (χ0n) is 11.4. The third-order valence-corrected chi connectivity index (χ3v) is 3.53. The average molecular weight is 275 g/mol. The van der Waals surface area contributed by atoms with E-state index in [1.165, 1.54) is 11.1 Å². The Hall–Kier alpha value is -1.38. The van der Waals surface area contributed by atoms with Gasteiger partial charge in [-0.2, -0.15) is 0 Å². The van der Waals surface area contributed by atoms with Gasteiger partial charge in [-0.25, -0.2) is 0 Å². The van der Waals surface area contributed by atoms with E-state index in [9.17, 15) is 0 Å². The van der Waals surface area contributed by atoms with Crippen LogP contribution in [0.3, 0.4) is 0 Å². The molecule has 1 N–H and O–H groups in total. The lowest BCUT2D eigenvalue weighted by molar-refractivity contribution is 0.596. The van der Waals surface area contributed by atoms with Crippen LogP contribution in [0.15, 0.2) is 42.7 Å². The van der Waals surface area contributed by atoms with Gasteiger partial charge < -0.3 is 5.32 Å². The molecule has 2 aromatic rings. The van der Waals surface area contributed by atoms with Crippen molar-refractivity contribution >= 4 is 11.6 Å². The van der Waals surface area contributed by atoms with Crippen molar-refractivity contribution in [3.63, 3.8) is 0 Å². The van der Waals surface area contributed by atoms with Gasteiger partial charge in [0.1, 0.15) is 0 Å². The normalized spacial score (nSPS) is 12.4. The van der Waals surface area contributed by atoms with Crippen molar-refractivity contribution in [3.8, 4) is 0 Å². The van der Waals surface area contributed by atoms with Gasteiger partial charge in [0.15, 0.2) is 0 Å². The van der Waals surface area contributed by atoms with E-state index in [1.807, 2.05) is 30.6 Å². The van der Waals surface area contributed by atoms with Crippen LogP contribution in [0.1, 0.15) is 36.1 Å². The first-order valence-electron chi connectivity index (χ1n) is 6.62. The number of aryl methyl sites for hydroxylation is 1. The van der Waals surface area contributed by atoms with E-state index in [1.54, 1.807) is 0 Å². The molecule has 100 valence electrons. The molecule has 0 amide bonds. The van der Waals surface area contributed by atoms with E-state index in [2.05, 4.69) is 36.3 Å². The van der Waals surface area contributed by atoms with Crippen LogP contribution in [0.4, 0.5) is 0 Å². The van der Waals surface area contributed by atoms with E-state index in [4.69, 9.17) is 11.6 Å². The number of hydrogen-bond donors (Lipinski definition) is 1. The summed E-state index contributed by atoms with van der Waals surface area (Å²) in [5, 5.41) is 4.37. The van der Waals surface area contributed by atoms with Crippen molar-refractivity contribution in [3.05, 3.63) is 64.4 Å². The zero-order chi connectivity index (χ0) is 13.7. The highest BCUT2D eigenvalue weighted by molar-refractivity contribution is 6.31. The summed E-state index contributed by atoms with van der Waals surface area (Å²) in [6.07, 6.45) is 4.82. The molecule has 2 rings (SSSR count). The molecular weight excluding hydrogens is 256 g/mol. The minimum Gasteiger partial charge on any atom is -0.306 e. The van der Waals surface area contributed by atoms with Crippen LogP contribution in [0.5, 0.6) is 0 Å². The van der Waals surface area contributed by atoms with Crippen LogP contribution in [0, 0.1) is 6.92 Å². The molecule has 0 aliphatic carbocycles. The summed E-state index contributed by atoms with van der Waals surface area (Å²) in [6, 6.07) is 10.2. The summed E-state index contributed by atoms with van der Waals surface area (Å²) in [5.74, 6) is 0. The van der Waals surface area contributed by atoms with Gasteiger partial charge in [0.2, 0.25) is 0 Å². The Kier molecular flexibility index (Phi) is 4.94. The van der Waals surface area contributed by atoms with Crippen LogP contribution in [-0.4, -0.2) is 11.5 Å². The molecular formula is C16H19ClN2. The van der Waals surface area contributed by atoms with Gasteiger partial charge in [-0.3, -0.25) is 4.98 Å². The van der Waals surface area contributed by atoms with E-state index >= 15 is 0 Å². The predicted molar refractivity (Wildman–Crippen MR) is 80.6 cm³/mol. The fraction of sp³-hybridized carbons (Fsp3) is 0.312. The van der Waals surface area contributed by atoms with Gasteiger partial charge in [-0.05, 0) is 48.7 Å². The van der Waals surface area contributed by atoms with E-state index in [-0.39, 0.29) is 6.04 Å². The van der Waals surface area contributed by atoms with Crippen molar-refractivity contribution < 1.29 is 0 Å². The number of pyridine rings is 1. The minimum absolute atomic E-state index is 0.122. The molecule has 0 radical (unpaired) electrons. The molecule has 0 aliphatic rings. The summed E-state index contributed by atoms with van der Waals surface area (Å²) in [4.78, 5) is 4.16. The number of halogens is 1. The summed E-state index contributed by atoms with van der Waals surface area (Å²) in [5.41, 5.74) is 3.53. The largest absolute Gasteiger partial charge is 0.306 e. The molecule has 1 heterocycles. The molecule has 0 spiro atoms. The maximum atomic E-state index is 6.34. The lowest BCUT2D eigenvalue weighted by atomic mass is 9.96. The molecule has 0 aliphatic heterocycles. The summed E-state index contributed by atoms with van der Waals surface area (Å²) >= 11 is 6.34. The highest BCUT2D eigenvalue weighted by Crippen LogP contribution is 2.29. The van der Waals surface area contributed by atoms with E-state index < -0.39 is 0 Å². The molecule has 19 heavy (non-hydrogen) atoms. The Labute approximate surface area is 119 Å². The number of nitrogens with zero attached hydrogens (tertiary/aromatic N) is 1. The van der Waals surface area contributed by atoms with Gasteiger partial charge in [0.05, 0.1) is 6.04 Å². The van der Waals surface area contributed by atoms with Gasteiger partial charge in [-0.15, -0.1) is 0 Å². The lowest BCUT2D eigenvalue weighted by Gasteiger charge is -2.22. The molecule has 0 saturated heterocycles. The van der Waals surface area contributed by atoms with Crippen molar-refractivity contribution in [1.29, 1.82) is 0 Å². The van der Waals surface area contributed by atoms with Crippen LogP contribution in [0.25, 0.3) is 0 Å². The van der Waals surface area contributed by atoms with Crippen LogP contribution in [0.2, 0.25) is 5.02 Å². The van der Waals surface area contributed by atoms with Gasteiger partial charge in [-0.1, -0.05) is 36.7 Å². The monoisotopic (exact) mass is 274 g/mol. The second kappa shape index (κ2) is 6.69. The second-order valence-corrected chi connectivity index (χ2v) is 5.05. The molecule has 1 aromatic heterocycles. The second-order valence-electron chi connectivity index (χ2n) is 4.64. The molecule has 1 aromatic carbocycles. The molecule has 0 fully saturated rings. The third-order valence-electron chi connectivity index (χ3n) is 3.19. The first-order valence-corrected chi connectivity index (χ1v) is 7.00. The number of nitrogens with one attached hydrogen (secondary N) is 1. The molecule has 3 heteroatoms. The number of rotatable bonds is 5. The van der Waals surface area contributed by atoms with Crippen molar-refractivity contribution in [2.24, 2.45) is 0 Å². The topological polar surface area (TPSA) is 24.9 Å². The third kappa shape index (κ3) is 3.34. The van der Waals surface area contributed by atoms with E-state index in [0.717, 1.165) is 23.6 Å². The molecule has 0 bridgehead atoms. The van der Waals surface area contributed by atoms with Crippen LogP contribution >= 0.6 is 11.6 Å². The smallest absolute Gasteiger partial charge is 0.0595 e. The zero-order valence-corrected chi connectivity index (χ0v) is 12.1. The summed E-state index contributed by atoms with van der Waals surface area (Å²) in [6.45, 7) is 5.20. The highest BCUT2D eigenvalue weighted by atomic mass is 35.5. The van der Waals surface area contributed by atoms with Crippen molar-refractivity contribution in [2.75, 3.05) is 6.54 Å². The minimum atomic E-state index is 0.122. The first kappa shape index (κ1) is 14.0. The van der Waals surface area contributed by atoms with Crippen molar-refractivity contribution in [2.45, 2.75) is 26.3 Å². The Morgan fingerprint density at radius 1 is 1.21 bits per heavy atom. The molecule has 2 nitrogen and oxygen atoms in total. The molecule has 1 unspecified atom stereocenters. The summed E-state index contributed by atoms with van der Waals surface area (Å²) < 4.78 is 0. The SMILES string of the molecule is CCCNC(c1ccncc1C)c1ccccc1Cl. The number of hydrogen-bond acceptors (Lipinski definition) is 2. The standard InChI is InChI=1S/C16H19ClN2/c1-3-9-19-16(13-8-10-18-11-12(13)2)14-6-4-5-7-15(14)17/h4-8,10-11,16,19H,3,9H2,1-2H3.